The first-order valence-corrected chi connectivity index (χ1v) is 20.8. The van der Waals surface area contributed by atoms with Gasteiger partial charge in [0, 0.05) is 48.8 Å². The summed E-state index contributed by atoms with van der Waals surface area (Å²) in [7, 11) is -3.12. The summed E-state index contributed by atoms with van der Waals surface area (Å²) >= 11 is 0. The van der Waals surface area contributed by atoms with E-state index in [9.17, 15) is 5.26 Å². The molecular formula is C52H33N4OP. The van der Waals surface area contributed by atoms with Gasteiger partial charge in [0.2, 0.25) is 0 Å². The van der Waals surface area contributed by atoms with Gasteiger partial charge in [-0.25, -0.2) is 15.0 Å². The van der Waals surface area contributed by atoms with Crippen molar-refractivity contribution in [3.05, 3.63) is 206 Å². The second kappa shape index (κ2) is 14.5. The van der Waals surface area contributed by atoms with Gasteiger partial charge in [0.25, 0.3) is 0 Å². The van der Waals surface area contributed by atoms with Crippen LogP contribution >= 0.6 is 7.14 Å². The van der Waals surface area contributed by atoms with E-state index in [1.807, 2.05) is 176 Å². The number of aromatic nitrogens is 3. The highest BCUT2D eigenvalue weighted by atomic mass is 31.2. The minimum absolute atomic E-state index is 0.476. The molecule has 2 heterocycles. The van der Waals surface area contributed by atoms with Crippen LogP contribution in [0.4, 0.5) is 0 Å². The van der Waals surface area contributed by atoms with Crippen molar-refractivity contribution in [3.8, 4) is 51.0 Å². The summed E-state index contributed by atoms with van der Waals surface area (Å²) in [5.74, 6) is 0. The zero-order valence-electron chi connectivity index (χ0n) is 31.2. The smallest absolute Gasteiger partial charge is 0.171 e. The van der Waals surface area contributed by atoms with Crippen LogP contribution in [0.5, 0.6) is 0 Å². The summed E-state index contributed by atoms with van der Waals surface area (Å²) in [5, 5.41) is 15.6. The molecule has 5 nitrogen and oxygen atoms in total. The molecule has 6 heteroatoms. The molecule has 272 valence electrons. The zero-order valence-corrected chi connectivity index (χ0v) is 32.1. The molecule has 0 spiro atoms. The van der Waals surface area contributed by atoms with Gasteiger partial charge in [-0.3, -0.25) is 0 Å². The Morgan fingerprint density at radius 2 is 0.897 bits per heavy atom. The molecule has 0 N–H and O–H groups in total. The summed E-state index contributed by atoms with van der Waals surface area (Å²) in [6.07, 6.45) is 0. The van der Waals surface area contributed by atoms with E-state index in [2.05, 4.69) is 30.3 Å². The zero-order chi connectivity index (χ0) is 39.1. The van der Waals surface area contributed by atoms with Gasteiger partial charge in [0.05, 0.1) is 45.3 Å². The van der Waals surface area contributed by atoms with E-state index in [0.717, 1.165) is 76.8 Å². The number of nitrogens with zero attached hydrogens (tertiary/aromatic N) is 4. The van der Waals surface area contributed by atoms with Crippen LogP contribution in [0.25, 0.3) is 77.6 Å². The Labute approximate surface area is 336 Å². The van der Waals surface area contributed by atoms with E-state index in [-0.39, 0.29) is 0 Å². The highest BCUT2D eigenvalue weighted by molar-refractivity contribution is 7.85. The summed E-state index contributed by atoms with van der Waals surface area (Å²) in [4.78, 5) is 15.9. The fraction of sp³-hybridized carbons (Fsp3) is 0. The number of pyridine rings is 1. The van der Waals surface area contributed by atoms with Gasteiger partial charge in [-0.15, -0.1) is 0 Å². The maximum atomic E-state index is 15.0. The van der Waals surface area contributed by atoms with Crippen LogP contribution in [0, 0.1) is 11.3 Å². The Bertz CT molecular complexity index is 3200. The standard InChI is InChI=1S/C52H33N4OP/c53-34-40-33-46-52(56-51(37-18-7-2-8-19-37)50(55-46)36-16-5-1-6-17-36)48-44-26-13-14-27-45(44)54-49(47(40)48)39-21-15-20-38(32-39)35-28-30-43(31-29-35)58(57,41-22-9-3-10-23-41)42-24-11-4-12-25-42/h1-33H. The number of para-hydroxylation sites is 1. The first kappa shape index (κ1) is 34.9. The minimum atomic E-state index is -3.12. The molecule has 0 unspecified atom stereocenters. The Kier molecular flexibility index (Phi) is 8.75. The Hall–Kier alpha value is -7.51. The topological polar surface area (TPSA) is 79.5 Å². The first-order valence-electron chi connectivity index (χ1n) is 19.1. The van der Waals surface area contributed by atoms with Crippen LogP contribution in [0.2, 0.25) is 0 Å². The van der Waals surface area contributed by atoms with Crippen LogP contribution in [0.15, 0.2) is 200 Å². The molecule has 2 aromatic heterocycles. The molecule has 0 bridgehead atoms. The molecule has 10 aromatic rings. The van der Waals surface area contributed by atoms with Crippen molar-refractivity contribution in [2.24, 2.45) is 0 Å². The number of hydrogen-bond acceptors (Lipinski definition) is 5. The molecule has 0 aliphatic carbocycles. The predicted octanol–water partition coefficient (Wildman–Crippen LogP) is 11.5. The lowest BCUT2D eigenvalue weighted by Gasteiger charge is -2.20. The number of hydrogen-bond donors (Lipinski definition) is 0. The third kappa shape index (κ3) is 5.96. The average Bonchev–Trinajstić information content (AvgIpc) is 3.31. The van der Waals surface area contributed by atoms with Crippen LogP contribution in [0.1, 0.15) is 5.56 Å². The first-order chi connectivity index (χ1) is 28.6. The average molecular weight is 761 g/mol. The molecule has 0 radical (unpaired) electrons. The third-order valence-corrected chi connectivity index (χ3v) is 13.8. The van der Waals surface area contributed by atoms with E-state index < -0.39 is 7.14 Å². The van der Waals surface area contributed by atoms with Crippen LogP contribution in [-0.2, 0) is 4.57 Å². The van der Waals surface area contributed by atoms with Crippen molar-refractivity contribution < 1.29 is 4.57 Å². The quantitative estimate of drug-likeness (QED) is 0.119. The second-order valence-corrected chi connectivity index (χ2v) is 17.0. The summed E-state index contributed by atoms with van der Waals surface area (Å²) in [5.41, 5.74) is 9.54. The summed E-state index contributed by atoms with van der Waals surface area (Å²) < 4.78 is 15.0. The molecular weight excluding hydrogens is 728 g/mol. The lowest BCUT2D eigenvalue weighted by atomic mass is 9.93. The summed E-state index contributed by atoms with van der Waals surface area (Å²) in [6, 6.07) is 68.3. The highest BCUT2D eigenvalue weighted by Gasteiger charge is 2.29. The molecule has 0 aliphatic heterocycles. The molecule has 0 amide bonds. The molecule has 0 saturated heterocycles. The van der Waals surface area contributed by atoms with E-state index in [1.54, 1.807) is 0 Å². The second-order valence-electron chi connectivity index (χ2n) is 14.2. The van der Waals surface area contributed by atoms with Gasteiger partial charge in [0.15, 0.2) is 7.14 Å². The van der Waals surface area contributed by atoms with Crippen molar-refractivity contribution in [1.29, 1.82) is 5.26 Å². The van der Waals surface area contributed by atoms with Crippen LogP contribution < -0.4 is 15.9 Å². The van der Waals surface area contributed by atoms with Crippen molar-refractivity contribution in [2.45, 2.75) is 0 Å². The van der Waals surface area contributed by atoms with Gasteiger partial charge in [0.1, 0.15) is 0 Å². The fourth-order valence-electron chi connectivity index (χ4n) is 7.99. The molecule has 0 aliphatic rings. The molecule has 8 aromatic carbocycles. The summed E-state index contributed by atoms with van der Waals surface area (Å²) in [6.45, 7) is 0. The number of fused-ring (bicyclic) bond motifs is 5. The van der Waals surface area contributed by atoms with Gasteiger partial charge in [-0.2, -0.15) is 5.26 Å². The predicted molar refractivity (Wildman–Crippen MR) is 238 cm³/mol. The normalized spacial score (nSPS) is 11.5. The van der Waals surface area contributed by atoms with Crippen molar-refractivity contribution in [2.75, 3.05) is 0 Å². The van der Waals surface area contributed by atoms with E-state index in [0.29, 0.717) is 22.3 Å². The maximum Gasteiger partial charge on any atom is 0.171 e. The molecule has 0 saturated carbocycles. The van der Waals surface area contributed by atoms with Crippen molar-refractivity contribution in [1.82, 2.24) is 15.0 Å². The van der Waals surface area contributed by atoms with Gasteiger partial charge >= 0.3 is 0 Å². The lowest BCUT2D eigenvalue weighted by Crippen LogP contribution is -2.24. The van der Waals surface area contributed by atoms with Crippen LogP contribution in [0.3, 0.4) is 0 Å². The van der Waals surface area contributed by atoms with Gasteiger partial charge in [-0.1, -0.05) is 182 Å². The van der Waals surface area contributed by atoms with E-state index >= 15 is 4.57 Å². The maximum absolute atomic E-state index is 15.0. The highest BCUT2D eigenvalue weighted by Crippen LogP contribution is 2.44. The monoisotopic (exact) mass is 760 g/mol. The van der Waals surface area contributed by atoms with Crippen molar-refractivity contribution in [3.63, 3.8) is 0 Å². The SMILES string of the molecule is N#Cc1cc2nc(-c3ccccc3)c(-c3ccccc3)nc2c2c1c(-c1cccc(-c3ccc(P(=O)(c4ccccc4)c4ccccc4)cc3)c1)nc1ccccc12. The Morgan fingerprint density at radius 1 is 0.397 bits per heavy atom. The third-order valence-electron chi connectivity index (χ3n) is 10.8. The molecule has 10 rings (SSSR count). The molecule has 58 heavy (non-hydrogen) atoms. The number of nitriles is 1. The van der Waals surface area contributed by atoms with Crippen molar-refractivity contribution >= 4 is 55.8 Å². The van der Waals surface area contributed by atoms with Gasteiger partial charge in [-0.05, 0) is 29.3 Å². The minimum Gasteiger partial charge on any atom is -0.309 e. The number of benzene rings is 8. The fourth-order valence-corrected chi connectivity index (χ4v) is 10.6. The Balaban J connectivity index is 1.16. The lowest BCUT2D eigenvalue weighted by molar-refractivity contribution is 0.592. The largest absolute Gasteiger partial charge is 0.309 e. The molecule has 0 fully saturated rings. The van der Waals surface area contributed by atoms with E-state index in [4.69, 9.17) is 15.0 Å². The van der Waals surface area contributed by atoms with Crippen LogP contribution in [-0.4, -0.2) is 15.0 Å². The van der Waals surface area contributed by atoms with E-state index in [1.165, 1.54) is 0 Å². The number of rotatable bonds is 7. The molecule has 0 atom stereocenters. The van der Waals surface area contributed by atoms with Gasteiger partial charge < -0.3 is 4.57 Å². The Morgan fingerprint density at radius 3 is 1.52 bits per heavy atom.